The summed E-state index contributed by atoms with van der Waals surface area (Å²) in [6.45, 7) is 4.62. The van der Waals surface area contributed by atoms with Gasteiger partial charge in [0.25, 0.3) is 0 Å². The number of ether oxygens (including phenoxy) is 1. The van der Waals surface area contributed by atoms with Crippen LogP contribution in [0.3, 0.4) is 0 Å². The minimum Gasteiger partial charge on any atom is -0.497 e. The number of amides is 2. The van der Waals surface area contributed by atoms with E-state index >= 15 is 0 Å². The van der Waals surface area contributed by atoms with Crippen LogP contribution in [-0.4, -0.2) is 36.9 Å². The van der Waals surface area contributed by atoms with E-state index in [1.165, 1.54) is 12.5 Å². The van der Waals surface area contributed by atoms with Crippen LogP contribution in [-0.2, 0) is 22.4 Å². The lowest BCUT2D eigenvalue weighted by Gasteiger charge is -2.21. The molecule has 0 saturated carbocycles. The molecule has 0 aliphatic rings. The summed E-state index contributed by atoms with van der Waals surface area (Å²) in [6.07, 6.45) is 1.98. The topological polar surface area (TPSA) is 58.6 Å². The highest BCUT2D eigenvalue weighted by Gasteiger charge is 2.11. The zero-order chi connectivity index (χ0) is 19.6. The minimum absolute atomic E-state index is 0.0244. The van der Waals surface area contributed by atoms with E-state index in [-0.39, 0.29) is 18.2 Å². The third kappa shape index (κ3) is 6.77. The molecule has 2 aromatic carbocycles. The molecular formula is C22H28N2O3. The van der Waals surface area contributed by atoms with Crippen LogP contribution in [0.5, 0.6) is 5.75 Å². The van der Waals surface area contributed by atoms with E-state index in [9.17, 15) is 9.59 Å². The Morgan fingerprint density at radius 2 is 1.59 bits per heavy atom. The second kappa shape index (κ2) is 10.4. The summed E-state index contributed by atoms with van der Waals surface area (Å²) in [5.41, 5.74) is 3.14. The SMILES string of the molecule is CCc1ccc(NC(=O)CCN(CCc2ccc(OC)cc2)C(C)=O)cc1. The fourth-order valence-electron chi connectivity index (χ4n) is 2.77. The highest BCUT2D eigenvalue weighted by atomic mass is 16.5. The van der Waals surface area contributed by atoms with Crippen molar-refractivity contribution in [1.29, 1.82) is 0 Å². The van der Waals surface area contributed by atoms with Gasteiger partial charge in [0.05, 0.1) is 7.11 Å². The standard InChI is InChI=1S/C22H28N2O3/c1-4-18-5-9-20(10-6-18)23-22(26)14-16-24(17(2)25)15-13-19-7-11-21(27-3)12-8-19/h5-12H,4,13-16H2,1-3H3,(H,23,26). The Labute approximate surface area is 161 Å². The van der Waals surface area contributed by atoms with Gasteiger partial charge in [-0.05, 0) is 48.2 Å². The number of anilines is 1. The number of carbonyl (C=O) groups excluding carboxylic acids is 2. The average Bonchev–Trinajstić information content (AvgIpc) is 2.68. The van der Waals surface area contributed by atoms with Crippen LogP contribution in [0.2, 0.25) is 0 Å². The number of hydrogen-bond donors (Lipinski definition) is 1. The van der Waals surface area contributed by atoms with Gasteiger partial charge in [0.1, 0.15) is 5.75 Å². The number of benzene rings is 2. The number of hydrogen-bond acceptors (Lipinski definition) is 3. The third-order valence-electron chi connectivity index (χ3n) is 4.53. The van der Waals surface area contributed by atoms with Gasteiger partial charge in [0.2, 0.25) is 11.8 Å². The molecule has 27 heavy (non-hydrogen) atoms. The molecule has 2 amide bonds. The maximum Gasteiger partial charge on any atom is 0.226 e. The molecule has 0 atom stereocenters. The van der Waals surface area contributed by atoms with Crippen molar-refractivity contribution < 1.29 is 14.3 Å². The lowest BCUT2D eigenvalue weighted by Crippen LogP contribution is -2.33. The molecule has 5 heteroatoms. The molecule has 1 N–H and O–H groups in total. The summed E-state index contributed by atoms with van der Waals surface area (Å²) >= 11 is 0. The summed E-state index contributed by atoms with van der Waals surface area (Å²) < 4.78 is 5.15. The van der Waals surface area contributed by atoms with Crippen molar-refractivity contribution in [2.24, 2.45) is 0 Å². The molecule has 0 fully saturated rings. The Hall–Kier alpha value is -2.82. The van der Waals surface area contributed by atoms with Crippen LogP contribution in [0.25, 0.3) is 0 Å². The Bertz CT molecular complexity index is 739. The van der Waals surface area contributed by atoms with Crippen molar-refractivity contribution >= 4 is 17.5 Å². The largest absolute Gasteiger partial charge is 0.497 e. The Kier molecular flexibility index (Phi) is 7.86. The monoisotopic (exact) mass is 368 g/mol. The second-order valence-electron chi connectivity index (χ2n) is 6.45. The predicted molar refractivity (Wildman–Crippen MR) is 108 cm³/mol. The van der Waals surface area contributed by atoms with E-state index in [4.69, 9.17) is 4.74 Å². The van der Waals surface area contributed by atoms with Crippen molar-refractivity contribution in [3.05, 3.63) is 59.7 Å². The molecule has 2 rings (SSSR count). The van der Waals surface area contributed by atoms with E-state index in [1.807, 2.05) is 48.5 Å². The van der Waals surface area contributed by atoms with Crippen molar-refractivity contribution in [2.75, 3.05) is 25.5 Å². The van der Waals surface area contributed by atoms with Crippen molar-refractivity contribution in [3.8, 4) is 5.75 Å². The quantitative estimate of drug-likeness (QED) is 0.735. The zero-order valence-electron chi connectivity index (χ0n) is 16.3. The first-order valence-electron chi connectivity index (χ1n) is 9.29. The van der Waals surface area contributed by atoms with Crippen molar-refractivity contribution in [1.82, 2.24) is 4.90 Å². The van der Waals surface area contributed by atoms with E-state index in [2.05, 4.69) is 12.2 Å². The van der Waals surface area contributed by atoms with Gasteiger partial charge in [-0.25, -0.2) is 0 Å². The minimum atomic E-state index is -0.0880. The summed E-state index contributed by atoms with van der Waals surface area (Å²) in [4.78, 5) is 25.8. The molecule has 0 aromatic heterocycles. The lowest BCUT2D eigenvalue weighted by molar-refractivity contribution is -0.129. The van der Waals surface area contributed by atoms with Crippen LogP contribution in [0.15, 0.2) is 48.5 Å². The summed E-state index contributed by atoms with van der Waals surface area (Å²) in [7, 11) is 1.63. The first-order valence-corrected chi connectivity index (χ1v) is 9.29. The van der Waals surface area contributed by atoms with Gasteiger partial charge >= 0.3 is 0 Å². The van der Waals surface area contributed by atoms with Crippen LogP contribution in [0, 0.1) is 0 Å². The van der Waals surface area contributed by atoms with Gasteiger partial charge in [0, 0.05) is 32.1 Å². The predicted octanol–water partition coefficient (Wildman–Crippen LogP) is 3.68. The molecule has 0 bridgehead atoms. The highest BCUT2D eigenvalue weighted by Crippen LogP contribution is 2.13. The van der Waals surface area contributed by atoms with E-state index in [0.717, 1.165) is 29.8 Å². The summed E-state index contributed by atoms with van der Waals surface area (Å²) in [5, 5.41) is 2.88. The molecule has 2 aromatic rings. The fourth-order valence-corrected chi connectivity index (χ4v) is 2.77. The number of nitrogens with zero attached hydrogens (tertiary/aromatic N) is 1. The highest BCUT2D eigenvalue weighted by molar-refractivity contribution is 5.91. The zero-order valence-corrected chi connectivity index (χ0v) is 16.3. The number of carbonyl (C=O) groups is 2. The fraction of sp³-hybridized carbons (Fsp3) is 0.364. The van der Waals surface area contributed by atoms with Gasteiger partial charge in [0.15, 0.2) is 0 Å². The van der Waals surface area contributed by atoms with Crippen LogP contribution in [0.1, 0.15) is 31.4 Å². The maximum absolute atomic E-state index is 12.2. The lowest BCUT2D eigenvalue weighted by atomic mass is 10.1. The van der Waals surface area contributed by atoms with E-state index in [1.54, 1.807) is 12.0 Å². The van der Waals surface area contributed by atoms with Gasteiger partial charge in [-0.2, -0.15) is 0 Å². The maximum atomic E-state index is 12.2. The number of nitrogens with one attached hydrogen (secondary N) is 1. The van der Waals surface area contributed by atoms with Gasteiger partial charge in [-0.3, -0.25) is 9.59 Å². The van der Waals surface area contributed by atoms with Crippen LogP contribution < -0.4 is 10.1 Å². The normalized spacial score (nSPS) is 10.3. The molecule has 0 aliphatic heterocycles. The van der Waals surface area contributed by atoms with Crippen molar-refractivity contribution in [3.63, 3.8) is 0 Å². The molecule has 144 valence electrons. The molecule has 0 spiro atoms. The summed E-state index contributed by atoms with van der Waals surface area (Å²) in [5.74, 6) is 0.698. The van der Waals surface area contributed by atoms with E-state index < -0.39 is 0 Å². The Balaban J connectivity index is 1.81. The van der Waals surface area contributed by atoms with E-state index in [0.29, 0.717) is 13.1 Å². The third-order valence-corrected chi connectivity index (χ3v) is 4.53. The number of aryl methyl sites for hydroxylation is 1. The van der Waals surface area contributed by atoms with Gasteiger partial charge < -0.3 is 15.0 Å². The molecule has 0 aliphatic carbocycles. The smallest absolute Gasteiger partial charge is 0.226 e. The molecule has 0 radical (unpaired) electrons. The first-order chi connectivity index (χ1) is 13.0. The second-order valence-corrected chi connectivity index (χ2v) is 6.45. The Morgan fingerprint density at radius 3 is 2.15 bits per heavy atom. The molecule has 0 heterocycles. The number of rotatable bonds is 9. The number of methoxy groups -OCH3 is 1. The van der Waals surface area contributed by atoms with Crippen molar-refractivity contribution in [2.45, 2.75) is 33.1 Å². The molecule has 5 nitrogen and oxygen atoms in total. The van der Waals surface area contributed by atoms with Crippen LogP contribution in [0.4, 0.5) is 5.69 Å². The first kappa shape index (κ1) is 20.5. The molecular weight excluding hydrogens is 340 g/mol. The Morgan fingerprint density at radius 1 is 0.963 bits per heavy atom. The van der Waals surface area contributed by atoms with Crippen LogP contribution >= 0.6 is 0 Å². The summed E-state index contributed by atoms with van der Waals surface area (Å²) in [6, 6.07) is 15.6. The van der Waals surface area contributed by atoms with Gasteiger partial charge in [-0.1, -0.05) is 31.2 Å². The molecule has 0 unspecified atom stereocenters. The van der Waals surface area contributed by atoms with Gasteiger partial charge in [-0.15, -0.1) is 0 Å². The molecule has 0 saturated heterocycles. The average molecular weight is 368 g/mol.